The van der Waals surface area contributed by atoms with Crippen molar-refractivity contribution >= 4 is 34.1 Å². The lowest BCUT2D eigenvalue weighted by Gasteiger charge is -2.29. The fourth-order valence-corrected chi connectivity index (χ4v) is 3.88. The molecule has 0 radical (unpaired) electrons. The molecule has 3 N–H and O–H groups in total. The molecule has 0 amide bonds. The maximum absolute atomic E-state index is 13.7. The Morgan fingerprint density at radius 3 is 2.55 bits per heavy atom. The number of nitrogen functional groups attached to an aromatic ring is 1. The Morgan fingerprint density at radius 2 is 1.86 bits per heavy atom. The Hall–Kier alpha value is -2.65. The number of alkyl halides is 3. The number of nitrogens with two attached hydrogens (primary N) is 1. The number of pyridine rings is 1. The van der Waals surface area contributed by atoms with Crippen molar-refractivity contribution in [1.82, 2.24) is 20.3 Å². The molecular formula is C19H18ClF3N6. The lowest BCUT2D eigenvalue weighted by Crippen LogP contribution is -2.44. The largest absolute Gasteiger partial charge is 0.418 e. The van der Waals surface area contributed by atoms with Crippen LogP contribution in [-0.2, 0) is 6.18 Å². The number of aromatic nitrogens is 3. The van der Waals surface area contributed by atoms with Crippen LogP contribution in [0.2, 0.25) is 5.02 Å². The average Bonchev–Trinajstić information content (AvgIpc) is 2.66. The zero-order valence-electron chi connectivity index (χ0n) is 15.5. The molecule has 1 aliphatic heterocycles. The predicted molar refractivity (Wildman–Crippen MR) is 107 cm³/mol. The SMILES string of the molecule is Cc1cc(N)nc(-c2cc3ncnc(N4CCNCC4)c3cc2Cl)c1C(F)(F)F. The van der Waals surface area contributed by atoms with Gasteiger partial charge in [0, 0.05) is 37.1 Å². The first-order valence-electron chi connectivity index (χ1n) is 9.00. The van der Waals surface area contributed by atoms with Gasteiger partial charge in [-0.3, -0.25) is 0 Å². The van der Waals surface area contributed by atoms with Gasteiger partial charge >= 0.3 is 6.18 Å². The van der Waals surface area contributed by atoms with Crippen LogP contribution in [0.15, 0.2) is 24.5 Å². The van der Waals surface area contributed by atoms with Gasteiger partial charge in [-0.2, -0.15) is 13.2 Å². The second kappa shape index (κ2) is 7.31. The summed E-state index contributed by atoms with van der Waals surface area (Å²) < 4.78 is 41.2. The third-order valence-corrected chi connectivity index (χ3v) is 5.21. The highest BCUT2D eigenvalue weighted by Gasteiger charge is 2.37. The van der Waals surface area contributed by atoms with Crippen LogP contribution < -0.4 is 16.0 Å². The summed E-state index contributed by atoms with van der Waals surface area (Å²) in [4.78, 5) is 14.7. The number of nitrogens with one attached hydrogen (secondary N) is 1. The molecule has 0 unspecified atom stereocenters. The molecule has 6 nitrogen and oxygen atoms in total. The lowest BCUT2D eigenvalue weighted by molar-refractivity contribution is -0.137. The molecule has 0 spiro atoms. The van der Waals surface area contributed by atoms with Gasteiger partial charge in [-0.1, -0.05) is 11.6 Å². The van der Waals surface area contributed by atoms with Crippen LogP contribution in [0.1, 0.15) is 11.1 Å². The van der Waals surface area contributed by atoms with E-state index >= 15 is 0 Å². The number of nitrogens with zero attached hydrogens (tertiary/aromatic N) is 4. The summed E-state index contributed by atoms with van der Waals surface area (Å²) in [6.45, 7) is 4.51. The number of benzene rings is 1. The van der Waals surface area contributed by atoms with Crippen LogP contribution in [0.5, 0.6) is 0 Å². The number of fused-ring (bicyclic) bond motifs is 1. The summed E-state index contributed by atoms with van der Waals surface area (Å²) in [5.74, 6) is 0.698. The smallest absolute Gasteiger partial charge is 0.384 e. The third kappa shape index (κ3) is 3.67. The monoisotopic (exact) mass is 422 g/mol. The van der Waals surface area contributed by atoms with Gasteiger partial charge < -0.3 is 16.0 Å². The molecule has 10 heteroatoms. The molecule has 0 saturated carbocycles. The van der Waals surface area contributed by atoms with E-state index in [4.69, 9.17) is 17.3 Å². The number of anilines is 2. The molecule has 0 aliphatic carbocycles. The van der Waals surface area contributed by atoms with E-state index in [1.807, 2.05) is 0 Å². The van der Waals surface area contributed by atoms with E-state index in [1.165, 1.54) is 25.4 Å². The summed E-state index contributed by atoms with van der Waals surface area (Å²) in [7, 11) is 0. The number of hydrogen-bond acceptors (Lipinski definition) is 6. The number of halogens is 4. The molecule has 1 aliphatic rings. The van der Waals surface area contributed by atoms with E-state index in [0.29, 0.717) is 16.7 Å². The first-order chi connectivity index (χ1) is 13.8. The van der Waals surface area contributed by atoms with Crippen LogP contribution in [0.25, 0.3) is 22.2 Å². The minimum Gasteiger partial charge on any atom is -0.384 e. The summed E-state index contributed by atoms with van der Waals surface area (Å²) in [5.41, 5.74) is 5.18. The van der Waals surface area contributed by atoms with E-state index in [0.717, 1.165) is 26.2 Å². The van der Waals surface area contributed by atoms with Gasteiger partial charge in [0.05, 0.1) is 21.8 Å². The summed E-state index contributed by atoms with van der Waals surface area (Å²) in [5, 5.41) is 4.08. The number of piperazine rings is 1. The molecular weight excluding hydrogens is 405 g/mol. The Morgan fingerprint density at radius 1 is 1.14 bits per heavy atom. The molecule has 1 saturated heterocycles. The lowest BCUT2D eigenvalue weighted by atomic mass is 9.99. The number of rotatable bonds is 2. The van der Waals surface area contributed by atoms with Gasteiger partial charge in [-0.15, -0.1) is 0 Å². The zero-order chi connectivity index (χ0) is 20.8. The van der Waals surface area contributed by atoms with E-state index in [2.05, 4.69) is 25.2 Å². The summed E-state index contributed by atoms with van der Waals surface area (Å²) in [6, 6.07) is 4.32. The number of aryl methyl sites for hydroxylation is 1. The average molecular weight is 423 g/mol. The standard InChI is InChI=1S/C19H18ClF3N6/c1-10-6-15(24)28-17(16(10)19(21,22)23)11-8-14-12(7-13(11)20)18(27-9-26-14)29-4-2-25-3-5-29/h6-9,25H,2-5H2,1H3,(H2,24,28). The first kappa shape index (κ1) is 19.7. The van der Waals surface area contributed by atoms with Gasteiger partial charge in [0.15, 0.2) is 0 Å². The molecule has 3 heterocycles. The van der Waals surface area contributed by atoms with Crippen molar-refractivity contribution in [3.8, 4) is 11.3 Å². The Kier molecular flexibility index (Phi) is 4.95. The van der Waals surface area contributed by atoms with E-state index in [-0.39, 0.29) is 27.7 Å². The van der Waals surface area contributed by atoms with Gasteiger partial charge in [-0.05, 0) is 30.7 Å². The molecule has 4 rings (SSSR count). The van der Waals surface area contributed by atoms with Crippen LogP contribution in [0.3, 0.4) is 0 Å². The van der Waals surface area contributed by atoms with Gasteiger partial charge in [0.25, 0.3) is 0 Å². The fraction of sp³-hybridized carbons (Fsp3) is 0.316. The van der Waals surface area contributed by atoms with E-state index in [9.17, 15) is 13.2 Å². The Balaban J connectivity index is 1.92. The van der Waals surface area contributed by atoms with Crippen LogP contribution in [0, 0.1) is 6.92 Å². The highest BCUT2D eigenvalue weighted by molar-refractivity contribution is 6.34. The molecule has 2 aromatic heterocycles. The highest BCUT2D eigenvalue weighted by Crippen LogP contribution is 2.42. The molecule has 29 heavy (non-hydrogen) atoms. The molecule has 1 aromatic carbocycles. The predicted octanol–water partition coefficient (Wildman–Crippen LogP) is 3.66. The fourth-order valence-electron chi connectivity index (χ4n) is 3.62. The minimum atomic E-state index is -4.60. The van der Waals surface area contributed by atoms with Crippen molar-refractivity contribution in [1.29, 1.82) is 0 Å². The van der Waals surface area contributed by atoms with Crippen LogP contribution >= 0.6 is 11.6 Å². The maximum Gasteiger partial charge on any atom is 0.418 e. The summed E-state index contributed by atoms with van der Waals surface area (Å²) >= 11 is 6.44. The quantitative estimate of drug-likeness (QED) is 0.656. The molecule has 152 valence electrons. The van der Waals surface area contributed by atoms with Crippen molar-refractivity contribution in [3.05, 3.63) is 40.7 Å². The van der Waals surface area contributed by atoms with Crippen molar-refractivity contribution in [2.75, 3.05) is 36.8 Å². The molecule has 0 atom stereocenters. The second-order valence-electron chi connectivity index (χ2n) is 6.87. The number of hydrogen-bond donors (Lipinski definition) is 2. The Bertz CT molecular complexity index is 1080. The van der Waals surface area contributed by atoms with Crippen molar-refractivity contribution < 1.29 is 13.2 Å². The molecule has 3 aromatic rings. The highest BCUT2D eigenvalue weighted by atomic mass is 35.5. The van der Waals surface area contributed by atoms with Crippen LogP contribution in [-0.4, -0.2) is 41.1 Å². The van der Waals surface area contributed by atoms with Gasteiger partial charge in [0.2, 0.25) is 0 Å². The van der Waals surface area contributed by atoms with Crippen molar-refractivity contribution in [2.45, 2.75) is 13.1 Å². The Labute approximate surface area is 169 Å². The van der Waals surface area contributed by atoms with Crippen molar-refractivity contribution in [3.63, 3.8) is 0 Å². The van der Waals surface area contributed by atoms with E-state index < -0.39 is 11.7 Å². The topological polar surface area (TPSA) is 80.0 Å². The molecule has 1 fully saturated rings. The minimum absolute atomic E-state index is 0.00847. The first-order valence-corrected chi connectivity index (χ1v) is 9.38. The van der Waals surface area contributed by atoms with Crippen molar-refractivity contribution in [2.24, 2.45) is 0 Å². The van der Waals surface area contributed by atoms with E-state index in [1.54, 1.807) is 6.07 Å². The third-order valence-electron chi connectivity index (χ3n) is 4.89. The van der Waals surface area contributed by atoms with Gasteiger partial charge in [0.1, 0.15) is 18.0 Å². The van der Waals surface area contributed by atoms with Crippen LogP contribution in [0.4, 0.5) is 24.8 Å². The molecule has 0 bridgehead atoms. The second-order valence-corrected chi connectivity index (χ2v) is 7.28. The van der Waals surface area contributed by atoms with Gasteiger partial charge in [-0.25, -0.2) is 15.0 Å². The summed E-state index contributed by atoms with van der Waals surface area (Å²) in [6.07, 6.45) is -3.20. The maximum atomic E-state index is 13.7. The zero-order valence-corrected chi connectivity index (χ0v) is 16.3. The normalized spacial score (nSPS) is 15.1.